The Kier molecular flexibility index (Phi) is 4.16. The van der Waals surface area contributed by atoms with Gasteiger partial charge in [0.05, 0.1) is 0 Å². The molecule has 4 heteroatoms. The van der Waals surface area contributed by atoms with Gasteiger partial charge in [-0.05, 0) is 16.7 Å². The summed E-state index contributed by atoms with van der Waals surface area (Å²) in [6.45, 7) is 0. The highest BCUT2D eigenvalue weighted by molar-refractivity contribution is 7.54. The van der Waals surface area contributed by atoms with Crippen LogP contribution >= 0.6 is 7.68 Å². The molecule has 2 nitrogen and oxygen atoms in total. The second-order valence-corrected chi connectivity index (χ2v) is 6.99. The summed E-state index contributed by atoms with van der Waals surface area (Å²) in [6.07, 6.45) is 0. The van der Waals surface area contributed by atoms with E-state index in [4.69, 9.17) is 0 Å². The first-order valence-electron chi connectivity index (χ1n) is 7.26. The van der Waals surface area contributed by atoms with Crippen molar-refractivity contribution in [2.45, 2.75) is 5.16 Å². The molecule has 0 spiro atoms. The van der Waals surface area contributed by atoms with Gasteiger partial charge >= 0.3 is 7.68 Å². The minimum atomic E-state index is -5.07. The predicted octanol–water partition coefficient (Wildman–Crippen LogP) is 5.13. The molecule has 116 valence electrons. The molecule has 0 saturated heterocycles. The van der Waals surface area contributed by atoms with Crippen molar-refractivity contribution in [2.24, 2.45) is 0 Å². The van der Waals surface area contributed by atoms with Gasteiger partial charge in [-0.15, -0.1) is 0 Å². The first kappa shape index (κ1) is 15.7. The molecule has 1 atom stereocenters. The van der Waals surface area contributed by atoms with E-state index in [1.807, 2.05) is 0 Å². The Morgan fingerprint density at radius 3 is 1.13 bits per heavy atom. The zero-order valence-corrected chi connectivity index (χ0v) is 13.2. The molecule has 0 aliphatic carbocycles. The Labute approximate surface area is 134 Å². The SMILES string of the molecule is O=P(O)(F)C(c1ccccc1)(c1ccccc1)c1ccccc1. The smallest absolute Gasteiger partial charge is 0.320 e. The van der Waals surface area contributed by atoms with Crippen LogP contribution in [-0.2, 0) is 9.72 Å². The largest absolute Gasteiger partial charge is 0.383 e. The molecule has 0 amide bonds. The zero-order chi connectivity index (χ0) is 16.3. The molecule has 23 heavy (non-hydrogen) atoms. The molecule has 0 bridgehead atoms. The van der Waals surface area contributed by atoms with Gasteiger partial charge < -0.3 is 4.89 Å². The van der Waals surface area contributed by atoms with Crippen molar-refractivity contribution in [1.29, 1.82) is 0 Å². The summed E-state index contributed by atoms with van der Waals surface area (Å²) in [5.41, 5.74) is 1.35. The lowest BCUT2D eigenvalue weighted by Crippen LogP contribution is -2.28. The van der Waals surface area contributed by atoms with E-state index in [0.717, 1.165) is 0 Å². The third-order valence-corrected chi connectivity index (χ3v) is 5.59. The van der Waals surface area contributed by atoms with E-state index in [0.29, 0.717) is 16.7 Å². The molecule has 3 rings (SSSR count). The molecule has 0 fully saturated rings. The number of hydrogen-bond acceptors (Lipinski definition) is 1. The van der Waals surface area contributed by atoms with Gasteiger partial charge in [-0.2, -0.15) is 4.20 Å². The summed E-state index contributed by atoms with van der Waals surface area (Å²) in [7, 11) is -5.07. The molecule has 0 aromatic heterocycles. The van der Waals surface area contributed by atoms with Gasteiger partial charge in [0.2, 0.25) is 0 Å². The van der Waals surface area contributed by atoms with Crippen molar-refractivity contribution < 1.29 is 13.7 Å². The van der Waals surface area contributed by atoms with Gasteiger partial charge in [-0.25, -0.2) is 0 Å². The first-order valence-corrected chi connectivity index (χ1v) is 8.81. The van der Waals surface area contributed by atoms with Crippen molar-refractivity contribution in [1.82, 2.24) is 0 Å². The molecular weight excluding hydrogens is 310 g/mol. The third-order valence-electron chi connectivity index (χ3n) is 3.99. The van der Waals surface area contributed by atoms with Crippen molar-refractivity contribution in [2.75, 3.05) is 0 Å². The minimum absolute atomic E-state index is 0.450. The summed E-state index contributed by atoms with van der Waals surface area (Å²) >= 11 is 0. The van der Waals surface area contributed by atoms with Crippen molar-refractivity contribution in [3.05, 3.63) is 108 Å². The summed E-state index contributed by atoms with van der Waals surface area (Å²) in [5, 5.41) is -1.74. The average Bonchev–Trinajstić information content (AvgIpc) is 2.57. The summed E-state index contributed by atoms with van der Waals surface area (Å²) < 4.78 is 27.4. The second-order valence-electron chi connectivity index (χ2n) is 5.31. The molecule has 1 unspecified atom stereocenters. The Bertz CT molecular complexity index is 717. The minimum Gasteiger partial charge on any atom is -0.320 e. The van der Waals surface area contributed by atoms with Crippen LogP contribution in [0.15, 0.2) is 91.0 Å². The van der Waals surface area contributed by atoms with E-state index >= 15 is 0 Å². The predicted molar refractivity (Wildman–Crippen MR) is 90.1 cm³/mol. The van der Waals surface area contributed by atoms with Crippen LogP contribution < -0.4 is 0 Å². The first-order chi connectivity index (χ1) is 11.1. The Morgan fingerprint density at radius 1 is 0.652 bits per heavy atom. The van der Waals surface area contributed by atoms with E-state index in [-0.39, 0.29) is 0 Å². The maximum Gasteiger partial charge on any atom is 0.383 e. The fraction of sp³-hybridized carbons (Fsp3) is 0.0526. The maximum absolute atomic E-state index is 14.9. The van der Waals surface area contributed by atoms with Crippen LogP contribution in [-0.4, -0.2) is 4.89 Å². The van der Waals surface area contributed by atoms with Gasteiger partial charge in [0.15, 0.2) is 5.16 Å². The molecule has 1 N–H and O–H groups in total. The fourth-order valence-corrected chi connectivity index (χ4v) is 4.42. The van der Waals surface area contributed by atoms with Crippen LogP contribution in [0.1, 0.15) is 16.7 Å². The Hall–Kier alpha value is -2.22. The molecule has 3 aromatic rings. The van der Waals surface area contributed by atoms with E-state index in [9.17, 15) is 13.7 Å². The van der Waals surface area contributed by atoms with E-state index in [1.54, 1.807) is 91.0 Å². The quantitative estimate of drug-likeness (QED) is 0.533. The van der Waals surface area contributed by atoms with Gasteiger partial charge in [0.25, 0.3) is 0 Å². The zero-order valence-electron chi connectivity index (χ0n) is 12.3. The molecule has 3 aromatic carbocycles. The molecule has 0 radical (unpaired) electrons. The van der Waals surface area contributed by atoms with Gasteiger partial charge in [-0.1, -0.05) is 91.0 Å². The number of hydrogen-bond donors (Lipinski definition) is 1. The van der Waals surface area contributed by atoms with Crippen molar-refractivity contribution in [3.63, 3.8) is 0 Å². The topological polar surface area (TPSA) is 37.3 Å². The van der Waals surface area contributed by atoms with E-state index in [2.05, 4.69) is 0 Å². The Morgan fingerprint density at radius 2 is 0.913 bits per heavy atom. The third kappa shape index (κ3) is 2.63. The molecule has 0 saturated carbocycles. The standard InChI is InChI=1S/C19H16FO2P/c20-23(21,22)19(16-10-4-1-5-11-16,17-12-6-2-7-13-17)18-14-8-3-9-15-18/h1-15H,(H,21,22). The highest BCUT2D eigenvalue weighted by Gasteiger charge is 2.52. The second kappa shape index (κ2) is 6.11. The van der Waals surface area contributed by atoms with Crippen LogP contribution in [0.25, 0.3) is 0 Å². The summed E-state index contributed by atoms with van der Waals surface area (Å²) in [5.74, 6) is 0. The number of benzene rings is 3. The highest BCUT2D eigenvalue weighted by atomic mass is 31.2. The summed E-state index contributed by atoms with van der Waals surface area (Å²) in [6, 6.07) is 25.9. The lowest BCUT2D eigenvalue weighted by Gasteiger charge is -2.34. The van der Waals surface area contributed by atoms with Crippen LogP contribution in [0.3, 0.4) is 0 Å². The number of halogens is 1. The van der Waals surface area contributed by atoms with E-state index < -0.39 is 12.8 Å². The average molecular weight is 326 g/mol. The van der Waals surface area contributed by atoms with Crippen molar-refractivity contribution in [3.8, 4) is 0 Å². The number of rotatable bonds is 4. The highest BCUT2D eigenvalue weighted by Crippen LogP contribution is 2.67. The summed E-state index contributed by atoms with van der Waals surface area (Å²) in [4.78, 5) is 10.2. The van der Waals surface area contributed by atoms with Gasteiger partial charge in [0.1, 0.15) is 0 Å². The molecular formula is C19H16FO2P. The van der Waals surface area contributed by atoms with Gasteiger partial charge in [-0.3, -0.25) is 4.57 Å². The molecule has 0 aliphatic rings. The monoisotopic (exact) mass is 326 g/mol. The van der Waals surface area contributed by atoms with Gasteiger partial charge in [0, 0.05) is 0 Å². The lowest BCUT2D eigenvalue weighted by molar-refractivity contribution is 0.404. The van der Waals surface area contributed by atoms with Crippen LogP contribution in [0, 0.1) is 0 Å². The van der Waals surface area contributed by atoms with Crippen LogP contribution in [0.2, 0.25) is 0 Å². The molecule has 0 heterocycles. The van der Waals surface area contributed by atoms with Crippen molar-refractivity contribution >= 4 is 7.68 Å². The lowest BCUT2D eigenvalue weighted by atomic mass is 9.84. The van der Waals surface area contributed by atoms with Crippen LogP contribution in [0.5, 0.6) is 0 Å². The fourth-order valence-electron chi connectivity index (χ4n) is 3.02. The maximum atomic E-state index is 14.9. The molecule has 0 aliphatic heterocycles. The van der Waals surface area contributed by atoms with Crippen LogP contribution in [0.4, 0.5) is 4.20 Å². The van der Waals surface area contributed by atoms with E-state index in [1.165, 1.54) is 0 Å². The normalized spacial score (nSPS) is 14.2. The Balaban J connectivity index is 2.44.